The molecule has 0 atom stereocenters. The Morgan fingerprint density at radius 1 is 0.742 bits per heavy atom. The number of carbonyl (C=O) groups is 4. The van der Waals surface area contributed by atoms with Crippen molar-refractivity contribution in [1.82, 2.24) is 5.32 Å². The summed E-state index contributed by atoms with van der Waals surface area (Å²) in [6.45, 7) is 1.91. The van der Waals surface area contributed by atoms with Crippen molar-refractivity contribution in [2.75, 3.05) is 12.4 Å². The van der Waals surface area contributed by atoms with Gasteiger partial charge in [0.15, 0.2) is 5.78 Å². The van der Waals surface area contributed by atoms with Crippen LogP contribution in [0.2, 0.25) is 0 Å². The van der Waals surface area contributed by atoms with E-state index in [-0.39, 0.29) is 28.2 Å². The quantitative estimate of drug-likeness (QED) is 0.532. The highest BCUT2D eigenvalue weighted by Crippen LogP contribution is 2.19. The van der Waals surface area contributed by atoms with Gasteiger partial charge in [-0.05, 0) is 43.3 Å². The van der Waals surface area contributed by atoms with E-state index in [2.05, 4.69) is 10.6 Å². The van der Waals surface area contributed by atoms with E-state index >= 15 is 0 Å². The Hall–Kier alpha value is -4.26. The Morgan fingerprint density at radius 3 is 2.03 bits per heavy atom. The summed E-state index contributed by atoms with van der Waals surface area (Å²) in [5.74, 6) is -2.70. The number of nitrogens with one attached hydrogen (secondary N) is 2. The zero-order chi connectivity index (χ0) is 22.5. The van der Waals surface area contributed by atoms with Crippen LogP contribution in [-0.2, 0) is 0 Å². The first kappa shape index (κ1) is 21.4. The summed E-state index contributed by atoms with van der Waals surface area (Å²) in [5.41, 5.74) is 1.84. The van der Waals surface area contributed by atoms with Gasteiger partial charge in [-0.2, -0.15) is 0 Å². The van der Waals surface area contributed by atoms with Crippen molar-refractivity contribution in [3.63, 3.8) is 0 Å². The maximum Gasteiger partial charge on any atom is 0.336 e. The van der Waals surface area contributed by atoms with Crippen LogP contribution in [0.3, 0.4) is 0 Å². The van der Waals surface area contributed by atoms with Crippen molar-refractivity contribution in [3.8, 4) is 0 Å². The number of hydrogen-bond donors (Lipinski definition) is 3. The molecule has 7 nitrogen and oxygen atoms in total. The lowest BCUT2D eigenvalue weighted by Crippen LogP contribution is -2.19. The van der Waals surface area contributed by atoms with Gasteiger partial charge in [0.1, 0.15) is 0 Å². The molecule has 0 unspecified atom stereocenters. The normalized spacial score (nSPS) is 10.3. The average molecular weight is 416 g/mol. The van der Waals surface area contributed by atoms with Gasteiger partial charge in [0.05, 0.1) is 11.1 Å². The maximum absolute atomic E-state index is 13.0. The Balaban J connectivity index is 1.97. The van der Waals surface area contributed by atoms with Gasteiger partial charge in [-0.1, -0.05) is 35.9 Å². The van der Waals surface area contributed by atoms with Crippen molar-refractivity contribution in [2.24, 2.45) is 0 Å². The predicted molar refractivity (Wildman–Crippen MR) is 116 cm³/mol. The number of ketones is 1. The molecule has 3 rings (SSSR count). The molecule has 0 bridgehead atoms. The molecule has 0 aliphatic heterocycles. The number of benzene rings is 3. The van der Waals surface area contributed by atoms with E-state index < -0.39 is 17.7 Å². The molecule has 0 aliphatic carbocycles. The number of hydrogen-bond acceptors (Lipinski definition) is 4. The first-order valence-corrected chi connectivity index (χ1v) is 9.42. The molecule has 7 heteroatoms. The fourth-order valence-electron chi connectivity index (χ4n) is 3.01. The van der Waals surface area contributed by atoms with E-state index in [1.54, 1.807) is 30.3 Å². The third-order valence-corrected chi connectivity index (χ3v) is 4.68. The lowest BCUT2D eigenvalue weighted by molar-refractivity contribution is 0.0692. The van der Waals surface area contributed by atoms with Crippen molar-refractivity contribution >= 4 is 29.3 Å². The fraction of sp³-hybridized carbons (Fsp3) is 0.0833. The summed E-state index contributed by atoms with van der Waals surface area (Å²) < 4.78 is 0. The largest absolute Gasteiger partial charge is 0.478 e. The van der Waals surface area contributed by atoms with Gasteiger partial charge >= 0.3 is 5.97 Å². The van der Waals surface area contributed by atoms with Gasteiger partial charge in [0.2, 0.25) is 0 Å². The van der Waals surface area contributed by atoms with Crippen LogP contribution in [0.25, 0.3) is 0 Å². The van der Waals surface area contributed by atoms with Crippen LogP contribution in [0.5, 0.6) is 0 Å². The number of amides is 2. The van der Waals surface area contributed by atoms with Crippen LogP contribution in [0.4, 0.5) is 5.69 Å². The number of carboxylic acids is 1. The van der Waals surface area contributed by atoms with Gasteiger partial charge < -0.3 is 15.7 Å². The van der Waals surface area contributed by atoms with Crippen LogP contribution < -0.4 is 10.6 Å². The molecule has 0 aliphatic rings. The molecule has 0 radical (unpaired) electrons. The monoisotopic (exact) mass is 416 g/mol. The molecule has 31 heavy (non-hydrogen) atoms. The summed E-state index contributed by atoms with van der Waals surface area (Å²) in [5, 5.41) is 14.6. The smallest absolute Gasteiger partial charge is 0.336 e. The molecular weight excluding hydrogens is 396 g/mol. The first-order valence-electron chi connectivity index (χ1n) is 9.42. The molecule has 3 aromatic rings. The SMILES string of the molecule is CNC(=O)c1cccc(C(=O)c2ccc(C(=O)O)c(C(=O)Nc3ccc(C)cc3)c2)c1. The molecule has 0 spiro atoms. The Kier molecular flexibility index (Phi) is 6.26. The summed E-state index contributed by atoms with van der Waals surface area (Å²) in [6.07, 6.45) is 0. The predicted octanol–water partition coefficient (Wildman–Crippen LogP) is 3.54. The topological polar surface area (TPSA) is 113 Å². The fourth-order valence-corrected chi connectivity index (χ4v) is 3.01. The Bertz CT molecular complexity index is 1180. The minimum absolute atomic E-state index is 0.133. The second kappa shape index (κ2) is 9.04. The van der Waals surface area contributed by atoms with Crippen LogP contribution in [0, 0.1) is 6.92 Å². The lowest BCUT2D eigenvalue weighted by Gasteiger charge is -2.10. The highest BCUT2D eigenvalue weighted by atomic mass is 16.4. The minimum Gasteiger partial charge on any atom is -0.478 e. The third-order valence-electron chi connectivity index (χ3n) is 4.68. The molecule has 0 fully saturated rings. The number of carbonyl (C=O) groups excluding carboxylic acids is 3. The van der Waals surface area contributed by atoms with Crippen molar-refractivity contribution in [2.45, 2.75) is 6.92 Å². The zero-order valence-corrected chi connectivity index (χ0v) is 16.9. The molecule has 3 aromatic carbocycles. The second-order valence-corrected chi connectivity index (χ2v) is 6.87. The van der Waals surface area contributed by atoms with E-state index in [4.69, 9.17) is 0 Å². The van der Waals surface area contributed by atoms with E-state index in [9.17, 15) is 24.3 Å². The van der Waals surface area contributed by atoms with E-state index in [1.165, 1.54) is 31.3 Å². The summed E-state index contributed by atoms with van der Waals surface area (Å²) in [7, 11) is 1.49. The molecule has 0 heterocycles. The van der Waals surface area contributed by atoms with Crippen LogP contribution >= 0.6 is 0 Å². The van der Waals surface area contributed by atoms with Gasteiger partial charge in [0.25, 0.3) is 11.8 Å². The Morgan fingerprint density at radius 2 is 1.39 bits per heavy atom. The number of aromatic carboxylic acids is 1. The maximum atomic E-state index is 13.0. The summed E-state index contributed by atoms with van der Waals surface area (Å²) >= 11 is 0. The highest BCUT2D eigenvalue weighted by molar-refractivity contribution is 6.15. The molecule has 3 N–H and O–H groups in total. The number of carboxylic acid groups (broad SMARTS) is 1. The molecule has 156 valence electrons. The highest BCUT2D eigenvalue weighted by Gasteiger charge is 2.20. The van der Waals surface area contributed by atoms with Crippen LogP contribution in [0.1, 0.15) is 52.6 Å². The van der Waals surface area contributed by atoms with Crippen molar-refractivity contribution < 1.29 is 24.3 Å². The zero-order valence-electron chi connectivity index (χ0n) is 16.9. The van der Waals surface area contributed by atoms with Gasteiger partial charge in [-0.3, -0.25) is 14.4 Å². The van der Waals surface area contributed by atoms with Crippen molar-refractivity contribution in [3.05, 3.63) is 100 Å². The van der Waals surface area contributed by atoms with Gasteiger partial charge in [-0.25, -0.2) is 4.79 Å². The molecular formula is C24H20N2O5. The molecule has 0 saturated carbocycles. The van der Waals surface area contributed by atoms with Crippen LogP contribution in [-0.4, -0.2) is 35.7 Å². The summed E-state index contributed by atoms with van der Waals surface area (Å²) in [4.78, 5) is 49.2. The van der Waals surface area contributed by atoms with E-state index in [0.717, 1.165) is 5.56 Å². The van der Waals surface area contributed by atoms with E-state index in [1.807, 2.05) is 19.1 Å². The second-order valence-electron chi connectivity index (χ2n) is 6.87. The molecule has 2 amide bonds. The molecule has 0 saturated heterocycles. The number of rotatable bonds is 6. The van der Waals surface area contributed by atoms with Crippen LogP contribution in [0.15, 0.2) is 66.7 Å². The lowest BCUT2D eigenvalue weighted by atomic mass is 9.96. The van der Waals surface area contributed by atoms with E-state index in [0.29, 0.717) is 11.3 Å². The first-order chi connectivity index (χ1) is 14.8. The molecule has 0 aromatic heterocycles. The minimum atomic E-state index is -1.28. The number of aryl methyl sites for hydroxylation is 1. The van der Waals surface area contributed by atoms with Gasteiger partial charge in [0, 0.05) is 29.4 Å². The van der Waals surface area contributed by atoms with Gasteiger partial charge in [-0.15, -0.1) is 0 Å². The van der Waals surface area contributed by atoms with Crippen molar-refractivity contribution in [1.29, 1.82) is 0 Å². The number of anilines is 1. The summed E-state index contributed by atoms with van der Waals surface area (Å²) in [6, 6.07) is 17.0. The third kappa shape index (κ3) is 4.84. The Labute approximate surface area is 178 Å². The standard InChI is InChI=1S/C24H20N2O5/c1-14-6-9-18(10-7-14)26-23(29)20-13-16(8-11-19(20)24(30)31)21(27)15-4-3-5-17(12-15)22(28)25-2/h3-13H,1-2H3,(H,25,28)(H,26,29)(H,30,31). The average Bonchev–Trinajstić information content (AvgIpc) is 2.79.